The Morgan fingerprint density at radius 2 is 1.89 bits per heavy atom. The van der Waals surface area contributed by atoms with E-state index in [2.05, 4.69) is 5.32 Å². The Morgan fingerprint density at radius 3 is 2.53 bits per heavy atom. The van der Waals surface area contributed by atoms with E-state index in [-0.39, 0.29) is 29.8 Å². The Bertz CT molecular complexity index is 378. The zero-order valence-electron chi connectivity index (χ0n) is 11.0. The third-order valence-electron chi connectivity index (χ3n) is 5.03. The van der Waals surface area contributed by atoms with Gasteiger partial charge in [0.2, 0.25) is 5.91 Å². The molecule has 0 aromatic carbocycles. The number of nitrogens with one attached hydrogen (secondary N) is 1. The molecule has 2 bridgehead atoms. The van der Waals surface area contributed by atoms with Crippen LogP contribution in [0.1, 0.15) is 32.1 Å². The molecule has 2 N–H and O–H groups in total. The standard InChI is InChI=1S/C14H21NO4/c16-13(15-7-10-2-1-5-19-10)11-8-3-4-9(6-8)12(11)14(17)18/h8-12H,1-7H2,(H,15,16)(H,17,18). The number of carboxylic acids is 1. The highest BCUT2D eigenvalue weighted by atomic mass is 16.5. The van der Waals surface area contributed by atoms with Crippen molar-refractivity contribution in [2.75, 3.05) is 13.2 Å². The molecule has 1 heterocycles. The van der Waals surface area contributed by atoms with Gasteiger partial charge in [0.15, 0.2) is 0 Å². The van der Waals surface area contributed by atoms with Gasteiger partial charge in [-0.25, -0.2) is 0 Å². The zero-order chi connectivity index (χ0) is 13.4. The summed E-state index contributed by atoms with van der Waals surface area (Å²) in [6.07, 6.45) is 5.04. The molecule has 1 saturated heterocycles. The van der Waals surface area contributed by atoms with Crippen molar-refractivity contribution < 1.29 is 19.4 Å². The Morgan fingerprint density at radius 1 is 1.16 bits per heavy atom. The van der Waals surface area contributed by atoms with Crippen molar-refractivity contribution in [1.82, 2.24) is 5.32 Å². The van der Waals surface area contributed by atoms with E-state index in [1.54, 1.807) is 0 Å². The number of aliphatic carboxylic acids is 1. The molecule has 0 spiro atoms. The van der Waals surface area contributed by atoms with E-state index < -0.39 is 11.9 Å². The second-order valence-corrected chi connectivity index (χ2v) is 6.10. The molecule has 19 heavy (non-hydrogen) atoms. The number of carbonyl (C=O) groups excluding carboxylic acids is 1. The molecule has 3 rings (SSSR count). The van der Waals surface area contributed by atoms with Crippen LogP contribution >= 0.6 is 0 Å². The largest absolute Gasteiger partial charge is 0.481 e. The van der Waals surface area contributed by atoms with Crippen LogP contribution in [0.4, 0.5) is 0 Å². The van der Waals surface area contributed by atoms with Gasteiger partial charge in [-0.3, -0.25) is 9.59 Å². The first-order valence-electron chi connectivity index (χ1n) is 7.29. The molecule has 1 amide bonds. The third-order valence-corrected chi connectivity index (χ3v) is 5.03. The molecule has 3 fully saturated rings. The van der Waals surface area contributed by atoms with Crippen LogP contribution in [0.25, 0.3) is 0 Å². The van der Waals surface area contributed by atoms with Crippen LogP contribution in [0.15, 0.2) is 0 Å². The summed E-state index contributed by atoms with van der Waals surface area (Å²) in [5.41, 5.74) is 0. The average molecular weight is 267 g/mol. The summed E-state index contributed by atoms with van der Waals surface area (Å²) >= 11 is 0. The minimum atomic E-state index is -0.801. The highest BCUT2D eigenvalue weighted by molar-refractivity contribution is 5.86. The normalized spacial score (nSPS) is 40.5. The fourth-order valence-electron chi connectivity index (χ4n) is 4.16. The Balaban J connectivity index is 1.60. The van der Waals surface area contributed by atoms with E-state index in [0.29, 0.717) is 6.54 Å². The van der Waals surface area contributed by atoms with Gasteiger partial charge in [-0.2, -0.15) is 0 Å². The molecule has 1 aliphatic heterocycles. The number of hydrogen-bond donors (Lipinski definition) is 2. The number of rotatable bonds is 4. The second-order valence-electron chi connectivity index (χ2n) is 6.10. The summed E-state index contributed by atoms with van der Waals surface area (Å²) < 4.78 is 5.47. The number of ether oxygens (including phenoxy) is 1. The number of fused-ring (bicyclic) bond motifs is 2. The number of amides is 1. The van der Waals surface area contributed by atoms with E-state index >= 15 is 0 Å². The maximum atomic E-state index is 12.3. The lowest BCUT2D eigenvalue weighted by Gasteiger charge is -2.27. The lowest BCUT2D eigenvalue weighted by Crippen LogP contribution is -2.43. The maximum absolute atomic E-state index is 12.3. The SMILES string of the molecule is O=C(O)C1C2CCC(C2)C1C(=O)NCC1CCCO1. The van der Waals surface area contributed by atoms with Gasteiger partial charge in [0.25, 0.3) is 0 Å². The first kappa shape index (κ1) is 12.9. The zero-order valence-corrected chi connectivity index (χ0v) is 11.0. The number of carboxylic acid groups (broad SMARTS) is 1. The molecular weight excluding hydrogens is 246 g/mol. The molecule has 2 aliphatic carbocycles. The smallest absolute Gasteiger partial charge is 0.307 e. The molecule has 5 atom stereocenters. The van der Waals surface area contributed by atoms with Crippen LogP contribution in [0, 0.1) is 23.7 Å². The van der Waals surface area contributed by atoms with Crippen LogP contribution in [-0.4, -0.2) is 36.2 Å². The van der Waals surface area contributed by atoms with E-state index in [1.165, 1.54) is 0 Å². The van der Waals surface area contributed by atoms with Crippen LogP contribution in [0.5, 0.6) is 0 Å². The molecule has 2 saturated carbocycles. The van der Waals surface area contributed by atoms with Gasteiger partial charge in [0.1, 0.15) is 0 Å². The minimum Gasteiger partial charge on any atom is -0.481 e. The molecule has 5 nitrogen and oxygen atoms in total. The summed E-state index contributed by atoms with van der Waals surface area (Å²) in [5, 5.41) is 12.2. The van der Waals surface area contributed by atoms with Gasteiger partial charge in [0, 0.05) is 13.2 Å². The van der Waals surface area contributed by atoms with Crippen molar-refractivity contribution in [2.45, 2.75) is 38.2 Å². The molecule has 5 heteroatoms. The van der Waals surface area contributed by atoms with Crippen LogP contribution < -0.4 is 5.32 Å². The molecule has 0 aromatic rings. The molecule has 5 unspecified atom stereocenters. The van der Waals surface area contributed by atoms with Gasteiger partial charge in [-0.15, -0.1) is 0 Å². The van der Waals surface area contributed by atoms with E-state index in [4.69, 9.17) is 4.74 Å². The highest BCUT2D eigenvalue weighted by Crippen LogP contribution is 2.52. The van der Waals surface area contributed by atoms with Crippen molar-refractivity contribution in [1.29, 1.82) is 0 Å². The van der Waals surface area contributed by atoms with Crippen molar-refractivity contribution >= 4 is 11.9 Å². The van der Waals surface area contributed by atoms with Crippen molar-refractivity contribution in [3.8, 4) is 0 Å². The van der Waals surface area contributed by atoms with Crippen LogP contribution in [-0.2, 0) is 14.3 Å². The molecule has 0 aromatic heterocycles. The van der Waals surface area contributed by atoms with Crippen LogP contribution in [0.2, 0.25) is 0 Å². The van der Waals surface area contributed by atoms with Gasteiger partial charge >= 0.3 is 5.97 Å². The molecule has 0 radical (unpaired) electrons. The van der Waals surface area contributed by atoms with Gasteiger partial charge in [-0.05, 0) is 43.9 Å². The predicted molar refractivity (Wildman–Crippen MR) is 67.4 cm³/mol. The maximum Gasteiger partial charge on any atom is 0.307 e. The summed E-state index contributed by atoms with van der Waals surface area (Å²) in [4.78, 5) is 23.6. The minimum absolute atomic E-state index is 0.0740. The number of hydrogen-bond acceptors (Lipinski definition) is 3. The van der Waals surface area contributed by atoms with E-state index in [9.17, 15) is 14.7 Å². The molecular formula is C14H21NO4. The van der Waals surface area contributed by atoms with Crippen LogP contribution in [0.3, 0.4) is 0 Å². The average Bonchev–Trinajstić information content (AvgIpc) is 3.10. The predicted octanol–water partition coefficient (Wildman–Crippen LogP) is 1.03. The fourth-order valence-corrected chi connectivity index (χ4v) is 4.16. The first-order chi connectivity index (χ1) is 9.16. The summed E-state index contributed by atoms with van der Waals surface area (Å²) in [6, 6.07) is 0. The Hall–Kier alpha value is -1.10. The lowest BCUT2D eigenvalue weighted by molar-refractivity contribution is -0.149. The first-order valence-corrected chi connectivity index (χ1v) is 7.29. The van der Waals surface area contributed by atoms with Crippen molar-refractivity contribution in [3.63, 3.8) is 0 Å². The number of carbonyl (C=O) groups is 2. The topological polar surface area (TPSA) is 75.6 Å². The second kappa shape index (κ2) is 5.12. The molecule has 3 aliphatic rings. The summed E-state index contributed by atoms with van der Waals surface area (Å²) in [5.74, 6) is -1.18. The van der Waals surface area contributed by atoms with Gasteiger partial charge in [0.05, 0.1) is 17.9 Å². The third kappa shape index (κ3) is 2.36. The highest BCUT2D eigenvalue weighted by Gasteiger charge is 2.53. The lowest BCUT2D eigenvalue weighted by atomic mass is 9.78. The van der Waals surface area contributed by atoms with Gasteiger partial charge in [-0.1, -0.05) is 0 Å². The van der Waals surface area contributed by atoms with Crippen molar-refractivity contribution in [3.05, 3.63) is 0 Å². The monoisotopic (exact) mass is 267 g/mol. The van der Waals surface area contributed by atoms with Crippen molar-refractivity contribution in [2.24, 2.45) is 23.7 Å². The molecule has 106 valence electrons. The Labute approximate surface area is 112 Å². The van der Waals surface area contributed by atoms with E-state index in [0.717, 1.165) is 38.7 Å². The van der Waals surface area contributed by atoms with E-state index in [1.807, 2.05) is 0 Å². The van der Waals surface area contributed by atoms with Gasteiger partial charge < -0.3 is 15.2 Å². The quantitative estimate of drug-likeness (QED) is 0.797. The summed E-state index contributed by atoms with van der Waals surface area (Å²) in [6.45, 7) is 1.30. The Kier molecular flexibility index (Phi) is 3.48. The summed E-state index contributed by atoms with van der Waals surface area (Å²) in [7, 11) is 0. The fraction of sp³-hybridized carbons (Fsp3) is 0.857.